The number of carbonyl (C=O) groups is 1. The maximum atomic E-state index is 12.0. The summed E-state index contributed by atoms with van der Waals surface area (Å²) in [6.45, 7) is 2.02. The van der Waals surface area contributed by atoms with Crippen LogP contribution in [0.4, 0.5) is 0 Å². The van der Waals surface area contributed by atoms with Crippen molar-refractivity contribution >= 4 is 5.97 Å². The van der Waals surface area contributed by atoms with E-state index in [1.54, 1.807) is 0 Å². The number of hydrogen-bond donors (Lipinski definition) is 0. The van der Waals surface area contributed by atoms with Gasteiger partial charge >= 0.3 is 5.97 Å². The number of hydrogen-bond acceptors (Lipinski definition) is 2. The highest BCUT2D eigenvalue weighted by atomic mass is 16.5. The minimum absolute atomic E-state index is 0.150. The number of benzene rings is 1. The monoisotopic (exact) mass is 230 g/mol. The lowest BCUT2D eigenvalue weighted by Gasteiger charge is -2.21. The van der Waals surface area contributed by atoms with Crippen molar-refractivity contribution in [3.05, 3.63) is 35.4 Å². The molecule has 0 spiro atoms. The second-order valence-corrected chi connectivity index (χ2v) is 5.48. The molecule has 0 heterocycles. The first kappa shape index (κ1) is 10.8. The van der Waals surface area contributed by atoms with E-state index in [1.165, 1.54) is 24.8 Å². The fourth-order valence-electron chi connectivity index (χ4n) is 3.23. The van der Waals surface area contributed by atoms with E-state index in [-0.39, 0.29) is 12.1 Å². The maximum Gasteiger partial charge on any atom is 0.338 e. The van der Waals surface area contributed by atoms with Crippen LogP contribution in [0.1, 0.15) is 41.6 Å². The van der Waals surface area contributed by atoms with Gasteiger partial charge in [0, 0.05) is 0 Å². The van der Waals surface area contributed by atoms with E-state index in [0.717, 1.165) is 12.3 Å². The molecule has 0 radical (unpaired) electrons. The zero-order valence-corrected chi connectivity index (χ0v) is 10.2. The first-order chi connectivity index (χ1) is 8.22. The quantitative estimate of drug-likeness (QED) is 0.728. The zero-order valence-electron chi connectivity index (χ0n) is 10.2. The Hall–Kier alpha value is -1.31. The largest absolute Gasteiger partial charge is 0.458 e. The van der Waals surface area contributed by atoms with Crippen LogP contribution in [-0.2, 0) is 4.74 Å². The van der Waals surface area contributed by atoms with Crippen molar-refractivity contribution < 1.29 is 9.53 Å². The van der Waals surface area contributed by atoms with Crippen molar-refractivity contribution in [3.8, 4) is 0 Å². The van der Waals surface area contributed by atoms with Gasteiger partial charge in [-0.25, -0.2) is 4.79 Å². The van der Waals surface area contributed by atoms with E-state index in [4.69, 9.17) is 4.74 Å². The van der Waals surface area contributed by atoms with Gasteiger partial charge in [-0.2, -0.15) is 0 Å². The second-order valence-electron chi connectivity index (χ2n) is 5.48. The molecule has 2 heteroatoms. The van der Waals surface area contributed by atoms with E-state index in [9.17, 15) is 4.79 Å². The summed E-state index contributed by atoms with van der Waals surface area (Å²) >= 11 is 0. The Morgan fingerprint density at radius 3 is 2.53 bits per heavy atom. The van der Waals surface area contributed by atoms with Crippen molar-refractivity contribution in [1.29, 1.82) is 0 Å². The Bertz CT molecular complexity index is 421. The van der Waals surface area contributed by atoms with Crippen LogP contribution >= 0.6 is 0 Å². The van der Waals surface area contributed by atoms with Crippen molar-refractivity contribution in [2.75, 3.05) is 0 Å². The minimum atomic E-state index is -0.150. The highest BCUT2D eigenvalue weighted by molar-refractivity contribution is 5.89. The van der Waals surface area contributed by atoms with E-state index >= 15 is 0 Å². The van der Waals surface area contributed by atoms with Crippen LogP contribution in [0.25, 0.3) is 0 Å². The van der Waals surface area contributed by atoms with Gasteiger partial charge in [-0.3, -0.25) is 0 Å². The van der Waals surface area contributed by atoms with Crippen LogP contribution < -0.4 is 0 Å². The molecule has 2 aliphatic carbocycles. The van der Waals surface area contributed by atoms with Crippen LogP contribution in [0.3, 0.4) is 0 Å². The van der Waals surface area contributed by atoms with Gasteiger partial charge in [0.1, 0.15) is 6.10 Å². The molecule has 2 saturated carbocycles. The number of aryl methyl sites for hydroxylation is 1. The van der Waals surface area contributed by atoms with Crippen LogP contribution in [0.5, 0.6) is 0 Å². The molecule has 3 atom stereocenters. The Balaban J connectivity index is 1.65. The molecular formula is C15H18O2. The summed E-state index contributed by atoms with van der Waals surface area (Å²) in [7, 11) is 0. The molecule has 3 rings (SSSR count). The minimum Gasteiger partial charge on any atom is -0.458 e. The summed E-state index contributed by atoms with van der Waals surface area (Å²) in [5.74, 6) is 1.30. The van der Waals surface area contributed by atoms with Gasteiger partial charge in [0.05, 0.1) is 5.56 Å². The first-order valence-corrected chi connectivity index (χ1v) is 6.50. The summed E-state index contributed by atoms with van der Waals surface area (Å²) in [6, 6.07) is 7.62. The highest BCUT2D eigenvalue weighted by Crippen LogP contribution is 2.46. The average Bonchev–Trinajstić information content (AvgIpc) is 2.91. The fraction of sp³-hybridized carbons (Fsp3) is 0.533. The molecule has 2 nitrogen and oxygen atoms in total. The van der Waals surface area contributed by atoms with Crippen molar-refractivity contribution in [2.24, 2.45) is 11.8 Å². The predicted octanol–water partition coefficient (Wildman–Crippen LogP) is 3.34. The number of rotatable bonds is 2. The molecule has 2 fully saturated rings. The van der Waals surface area contributed by atoms with Crippen LogP contribution in [0.2, 0.25) is 0 Å². The lowest BCUT2D eigenvalue weighted by atomic mass is 9.98. The SMILES string of the molecule is Cc1ccc(C(=O)OC2CC3CCC2C3)cc1. The molecule has 1 aromatic carbocycles. The summed E-state index contributed by atoms with van der Waals surface area (Å²) in [5.41, 5.74) is 1.85. The van der Waals surface area contributed by atoms with Gasteiger partial charge < -0.3 is 4.74 Å². The van der Waals surface area contributed by atoms with Crippen LogP contribution in [-0.4, -0.2) is 12.1 Å². The predicted molar refractivity (Wildman–Crippen MR) is 65.8 cm³/mol. The van der Waals surface area contributed by atoms with E-state index < -0.39 is 0 Å². The summed E-state index contributed by atoms with van der Waals surface area (Å²) < 4.78 is 5.63. The Labute approximate surface area is 102 Å². The van der Waals surface area contributed by atoms with Crippen LogP contribution in [0.15, 0.2) is 24.3 Å². The highest BCUT2D eigenvalue weighted by Gasteiger charge is 2.41. The number of esters is 1. The molecule has 0 amide bonds. The molecule has 1 aromatic rings. The van der Waals surface area contributed by atoms with Crippen LogP contribution in [0, 0.1) is 18.8 Å². The maximum absolute atomic E-state index is 12.0. The molecule has 2 aliphatic rings. The summed E-state index contributed by atoms with van der Waals surface area (Å²) in [5, 5.41) is 0. The van der Waals surface area contributed by atoms with Gasteiger partial charge in [0.15, 0.2) is 0 Å². The Morgan fingerprint density at radius 1 is 1.18 bits per heavy atom. The van der Waals surface area contributed by atoms with E-state index in [1.807, 2.05) is 31.2 Å². The van der Waals surface area contributed by atoms with Gasteiger partial charge in [-0.05, 0) is 56.6 Å². The normalized spacial score (nSPS) is 30.5. The number of fused-ring (bicyclic) bond motifs is 2. The number of carbonyl (C=O) groups excluding carboxylic acids is 1. The van der Waals surface area contributed by atoms with Crippen molar-refractivity contribution in [3.63, 3.8) is 0 Å². The lowest BCUT2D eigenvalue weighted by Crippen LogP contribution is -2.24. The third-order valence-corrected chi connectivity index (χ3v) is 4.22. The molecular weight excluding hydrogens is 212 g/mol. The molecule has 0 aliphatic heterocycles. The molecule has 17 heavy (non-hydrogen) atoms. The smallest absolute Gasteiger partial charge is 0.338 e. The third kappa shape index (κ3) is 2.08. The van der Waals surface area contributed by atoms with Gasteiger partial charge in [-0.1, -0.05) is 17.7 Å². The summed E-state index contributed by atoms with van der Waals surface area (Å²) in [6.07, 6.45) is 5.12. The molecule has 90 valence electrons. The zero-order chi connectivity index (χ0) is 11.8. The average molecular weight is 230 g/mol. The summed E-state index contributed by atoms with van der Waals surface area (Å²) in [4.78, 5) is 12.0. The molecule has 0 N–H and O–H groups in total. The number of ether oxygens (including phenoxy) is 1. The second kappa shape index (κ2) is 4.17. The molecule has 2 bridgehead atoms. The van der Waals surface area contributed by atoms with E-state index in [2.05, 4.69) is 0 Å². The first-order valence-electron chi connectivity index (χ1n) is 6.50. The van der Waals surface area contributed by atoms with Gasteiger partial charge in [0.25, 0.3) is 0 Å². The van der Waals surface area contributed by atoms with E-state index in [0.29, 0.717) is 11.5 Å². The van der Waals surface area contributed by atoms with Gasteiger partial charge in [0.2, 0.25) is 0 Å². The van der Waals surface area contributed by atoms with Crippen molar-refractivity contribution in [2.45, 2.75) is 38.7 Å². The topological polar surface area (TPSA) is 26.3 Å². The fourth-order valence-corrected chi connectivity index (χ4v) is 3.23. The standard InChI is InChI=1S/C15H18O2/c1-10-2-5-12(6-3-10)15(16)17-14-9-11-4-7-13(14)8-11/h2-3,5-6,11,13-14H,4,7-9H2,1H3. The van der Waals surface area contributed by atoms with Gasteiger partial charge in [-0.15, -0.1) is 0 Å². The molecule has 0 aromatic heterocycles. The third-order valence-electron chi connectivity index (χ3n) is 4.22. The molecule has 0 saturated heterocycles. The van der Waals surface area contributed by atoms with Crippen molar-refractivity contribution in [1.82, 2.24) is 0 Å². The molecule has 3 unspecified atom stereocenters. The lowest BCUT2D eigenvalue weighted by molar-refractivity contribution is 0.0158. The Morgan fingerprint density at radius 2 is 1.94 bits per heavy atom. The Kier molecular flexibility index (Phi) is 2.65.